The summed E-state index contributed by atoms with van der Waals surface area (Å²) in [4.78, 5) is 0.00876. The first-order chi connectivity index (χ1) is 11.9. The highest BCUT2D eigenvalue weighted by Gasteiger charge is 2.37. The number of benzene rings is 2. The summed E-state index contributed by atoms with van der Waals surface area (Å²) in [6.45, 7) is 0. The van der Waals surface area contributed by atoms with Gasteiger partial charge < -0.3 is 9.84 Å². The summed E-state index contributed by atoms with van der Waals surface area (Å²) >= 11 is 0. The van der Waals surface area contributed by atoms with E-state index < -0.39 is 34.9 Å². The summed E-state index contributed by atoms with van der Waals surface area (Å²) in [6, 6.07) is 6.68. The number of fused-ring (bicyclic) bond motifs is 1. The van der Waals surface area contributed by atoms with Gasteiger partial charge in [0.15, 0.2) is 6.01 Å². The molecule has 1 N–H and O–H groups in total. The first-order valence-electron chi connectivity index (χ1n) is 7.25. The van der Waals surface area contributed by atoms with Crippen LogP contribution in [-0.4, -0.2) is 21.5 Å². The number of nitriles is 1. The van der Waals surface area contributed by atoms with E-state index in [4.69, 9.17) is 10.00 Å². The van der Waals surface area contributed by atoms with Crippen LogP contribution in [0.15, 0.2) is 35.2 Å². The van der Waals surface area contributed by atoms with E-state index in [2.05, 4.69) is 0 Å². The summed E-state index contributed by atoms with van der Waals surface area (Å²) in [5.74, 6) is -0.525. The highest BCUT2D eigenvalue weighted by molar-refractivity contribution is 7.84. The van der Waals surface area contributed by atoms with E-state index in [1.807, 2.05) is 0 Å². The lowest BCUT2D eigenvalue weighted by atomic mass is 10.1. The minimum Gasteiger partial charge on any atom is -0.457 e. The Morgan fingerprint density at radius 1 is 1.36 bits per heavy atom. The van der Waals surface area contributed by atoms with Gasteiger partial charge in [-0.05, 0) is 24.3 Å². The average Bonchev–Trinajstić information content (AvgIpc) is 2.90. The largest absolute Gasteiger partial charge is 0.457 e. The molecule has 0 aliphatic heterocycles. The van der Waals surface area contributed by atoms with Gasteiger partial charge in [-0.1, -0.05) is 0 Å². The van der Waals surface area contributed by atoms with Crippen LogP contribution in [0, 0.1) is 17.1 Å². The number of aliphatic hydroxyl groups is 1. The fourth-order valence-corrected chi connectivity index (χ4v) is 3.64. The second-order valence-electron chi connectivity index (χ2n) is 5.46. The summed E-state index contributed by atoms with van der Waals surface area (Å²) < 4.78 is 57.6. The van der Waals surface area contributed by atoms with Gasteiger partial charge in [-0.2, -0.15) is 5.26 Å². The lowest BCUT2D eigenvalue weighted by molar-refractivity contribution is 0.0908. The summed E-state index contributed by atoms with van der Waals surface area (Å²) in [5, 5.41) is 18.9. The Kier molecular flexibility index (Phi) is 4.79. The molecule has 0 bridgehead atoms. The standard InChI is InChI=1S/C17H12F3NO3S/c18-8-25(23)15-2-1-14(12-6-13(20)17(22)16(12)15)24-11-4-9(7-21)3-10(19)5-11/h1-5,13,17,22H,6,8H2. The van der Waals surface area contributed by atoms with Crippen LogP contribution in [-0.2, 0) is 17.2 Å². The van der Waals surface area contributed by atoms with E-state index >= 15 is 0 Å². The average molecular weight is 367 g/mol. The fraction of sp³-hybridized carbons (Fsp3) is 0.235. The highest BCUT2D eigenvalue weighted by Crippen LogP contribution is 2.43. The zero-order valence-corrected chi connectivity index (χ0v) is 13.5. The van der Waals surface area contributed by atoms with Gasteiger partial charge in [0.05, 0.1) is 22.4 Å². The van der Waals surface area contributed by atoms with Gasteiger partial charge in [-0.25, -0.2) is 13.2 Å². The Labute approximate surface area is 143 Å². The molecule has 0 saturated heterocycles. The van der Waals surface area contributed by atoms with Crippen molar-refractivity contribution in [1.29, 1.82) is 5.26 Å². The molecule has 0 fully saturated rings. The highest BCUT2D eigenvalue weighted by atomic mass is 32.2. The number of nitrogens with zero attached hydrogens (tertiary/aromatic N) is 1. The van der Waals surface area contributed by atoms with Crippen molar-refractivity contribution in [2.75, 3.05) is 6.01 Å². The molecule has 3 atom stereocenters. The molecule has 0 heterocycles. The van der Waals surface area contributed by atoms with Crippen molar-refractivity contribution >= 4 is 10.8 Å². The molecule has 1 aliphatic carbocycles. The molecule has 0 amide bonds. The van der Waals surface area contributed by atoms with Crippen LogP contribution in [0.1, 0.15) is 22.8 Å². The second-order valence-corrected chi connectivity index (χ2v) is 6.81. The smallest absolute Gasteiger partial charge is 0.169 e. The molecule has 0 radical (unpaired) electrons. The van der Waals surface area contributed by atoms with Crippen molar-refractivity contribution in [1.82, 2.24) is 0 Å². The molecule has 2 aromatic carbocycles. The summed E-state index contributed by atoms with van der Waals surface area (Å²) in [7, 11) is -2.02. The van der Waals surface area contributed by atoms with E-state index in [1.54, 1.807) is 6.07 Å². The van der Waals surface area contributed by atoms with Gasteiger partial charge in [-0.15, -0.1) is 0 Å². The van der Waals surface area contributed by atoms with Gasteiger partial charge in [-0.3, -0.25) is 4.21 Å². The lowest BCUT2D eigenvalue weighted by Crippen LogP contribution is -2.09. The molecule has 0 aromatic heterocycles. The van der Waals surface area contributed by atoms with Crippen molar-refractivity contribution in [3.63, 3.8) is 0 Å². The van der Waals surface area contributed by atoms with Crippen LogP contribution in [0.4, 0.5) is 13.2 Å². The number of alkyl halides is 2. The van der Waals surface area contributed by atoms with Crippen LogP contribution >= 0.6 is 0 Å². The fourth-order valence-electron chi connectivity index (χ4n) is 2.81. The van der Waals surface area contributed by atoms with E-state index in [-0.39, 0.29) is 39.5 Å². The predicted molar refractivity (Wildman–Crippen MR) is 83.6 cm³/mol. The third kappa shape index (κ3) is 3.25. The summed E-state index contributed by atoms with van der Waals surface area (Å²) in [6.07, 6.45) is -3.38. The number of hydrogen-bond acceptors (Lipinski definition) is 4. The number of halogens is 3. The molecule has 3 rings (SSSR count). The molecule has 8 heteroatoms. The zero-order valence-electron chi connectivity index (χ0n) is 12.7. The predicted octanol–water partition coefficient (Wildman–Crippen LogP) is 3.45. The van der Waals surface area contributed by atoms with Crippen LogP contribution in [0.2, 0.25) is 0 Å². The van der Waals surface area contributed by atoms with Gasteiger partial charge in [0.25, 0.3) is 0 Å². The number of ether oxygens (including phenoxy) is 1. The summed E-state index contributed by atoms with van der Waals surface area (Å²) in [5.41, 5.74) is 0.338. The van der Waals surface area contributed by atoms with Gasteiger partial charge in [0.1, 0.15) is 29.6 Å². The molecule has 3 unspecified atom stereocenters. The van der Waals surface area contributed by atoms with Crippen LogP contribution in [0.5, 0.6) is 11.5 Å². The number of hydrogen-bond donors (Lipinski definition) is 1. The maximum absolute atomic E-state index is 14.0. The molecular weight excluding hydrogens is 355 g/mol. The zero-order chi connectivity index (χ0) is 18.1. The lowest BCUT2D eigenvalue weighted by Gasteiger charge is -2.14. The maximum Gasteiger partial charge on any atom is 0.169 e. The third-order valence-corrected chi connectivity index (χ3v) is 4.93. The number of aliphatic hydroxyl groups excluding tert-OH is 1. The van der Waals surface area contributed by atoms with Crippen LogP contribution in [0.3, 0.4) is 0 Å². The van der Waals surface area contributed by atoms with Crippen molar-refractivity contribution in [3.05, 3.63) is 52.8 Å². The van der Waals surface area contributed by atoms with Crippen molar-refractivity contribution in [2.45, 2.75) is 23.6 Å². The van der Waals surface area contributed by atoms with Gasteiger partial charge in [0, 0.05) is 28.5 Å². The molecule has 4 nitrogen and oxygen atoms in total. The molecule has 2 aromatic rings. The first-order valence-corrected chi connectivity index (χ1v) is 8.57. The molecule has 0 spiro atoms. The normalized spacial score (nSPS) is 20.0. The van der Waals surface area contributed by atoms with Crippen LogP contribution in [0.25, 0.3) is 0 Å². The SMILES string of the molecule is N#Cc1cc(F)cc(Oc2ccc(S(=O)CF)c3c2CC(F)C3O)c1. The minimum absolute atomic E-state index is 0.00876. The molecular formula is C17H12F3NO3S. The Morgan fingerprint density at radius 2 is 2.12 bits per heavy atom. The van der Waals surface area contributed by atoms with Gasteiger partial charge >= 0.3 is 0 Å². The molecule has 25 heavy (non-hydrogen) atoms. The minimum atomic E-state index is -2.02. The van der Waals surface area contributed by atoms with E-state index in [9.17, 15) is 22.5 Å². The number of rotatable bonds is 4. The van der Waals surface area contributed by atoms with E-state index in [0.717, 1.165) is 12.1 Å². The Balaban J connectivity index is 2.06. The Bertz CT molecular complexity index is 897. The topological polar surface area (TPSA) is 70.3 Å². The Hall–Kier alpha value is -2.37. The van der Waals surface area contributed by atoms with Gasteiger partial charge in [0.2, 0.25) is 0 Å². The first kappa shape index (κ1) is 17.5. The third-order valence-electron chi connectivity index (χ3n) is 3.88. The maximum atomic E-state index is 14.0. The molecule has 0 saturated carbocycles. The molecule has 1 aliphatic rings. The Morgan fingerprint density at radius 3 is 2.80 bits per heavy atom. The van der Waals surface area contributed by atoms with Crippen molar-refractivity contribution < 1.29 is 27.2 Å². The molecule has 130 valence electrons. The quantitative estimate of drug-likeness (QED) is 0.899. The van der Waals surface area contributed by atoms with E-state index in [0.29, 0.717) is 0 Å². The van der Waals surface area contributed by atoms with Crippen molar-refractivity contribution in [2.24, 2.45) is 0 Å². The van der Waals surface area contributed by atoms with E-state index in [1.165, 1.54) is 18.2 Å². The second kappa shape index (κ2) is 6.86. The van der Waals surface area contributed by atoms with Crippen LogP contribution < -0.4 is 4.74 Å². The van der Waals surface area contributed by atoms with Crippen molar-refractivity contribution in [3.8, 4) is 17.6 Å². The monoisotopic (exact) mass is 367 g/mol.